The van der Waals surface area contributed by atoms with E-state index in [1.54, 1.807) is 12.1 Å². The molecule has 0 fully saturated rings. The minimum atomic E-state index is -0.683. The number of carbonyl (C=O) groups excluding carboxylic acids is 1. The zero-order valence-electron chi connectivity index (χ0n) is 8.37. The zero-order valence-corrected chi connectivity index (χ0v) is 8.37. The normalized spacial score (nSPS) is 10.6. The Morgan fingerprint density at radius 3 is 3.00 bits per heavy atom. The molecule has 0 aliphatic heterocycles. The molecule has 0 radical (unpaired) electrons. The Morgan fingerprint density at radius 1 is 1.80 bits per heavy atom. The number of methoxy groups -OCH3 is 1. The summed E-state index contributed by atoms with van der Waals surface area (Å²) < 4.78 is 4.40. The molecule has 2 N–H and O–H groups in total. The number of aryl methyl sites for hydroxylation is 1. The van der Waals surface area contributed by atoms with Crippen LogP contribution in [0.25, 0.3) is 0 Å². The maximum atomic E-state index is 11.0. The number of hydrogen-bond donors (Lipinski definition) is 2. The largest absolute Gasteiger partial charge is 0.465 e. The molecule has 0 aromatic carbocycles. The van der Waals surface area contributed by atoms with Gasteiger partial charge in [-0.05, 0) is 6.92 Å². The van der Waals surface area contributed by atoms with Crippen LogP contribution in [0.4, 0.5) is 5.82 Å². The standard InChI is InChI=1S/C9H10N4O2/c1-6-3-8(13-12-6)11-5-7(4-10)9(14)15-2/h3,5H,1-2H3,(H2,11,12,13)/b7-5+. The molecule has 0 saturated carbocycles. The van der Waals surface area contributed by atoms with Crippen LogP contribution in [-0.4, -0.2) is 23.3 Å². The van der Waals surface area contributed by atoms with Crippen molar-refractivity contribution in [1.29, 1.82) is 5.26 Å². The summed E-state index contributed by atoms with van der Waals surface area (Å²) in [7, 11) is 1.21. The Bertz CT molecular complexity index is 428. The first-order valence-electron chi connectivity index (χ1n) is 4.14. The molecule has 0 spiro atoms. The summed E-state index contributed by atoms with van der Waals surface area (Å²) in [6.07, 6.45) is 1.25. The lowest BCUT2D eigenvalue weighted by Gasteiger charge is -1.96. The van der Waals surface area contributed by atoms with E-state index in [9.17, 15) is 4.79 Å². The highest BCUT2D eigenvalue weighted by Crippen LogP contribution is 2.05. The third-order valence-electron chi connectivity index (χ3n) is 1.60. The van der Waals surface area contributed by atoms with Crippen molar-refractivity contribution >= 4 is 11.8 Å². The first kappa shape index (κ1) is 10.8. The highest BCUT2D eigenvalue weighted by Gasteiger charge is 2.07. The predicted molar refractivity (Wildman–Crippen MR) is 52.7 cm³/mol. The van der Waals surface area contributed by atoms with Gasteiger partial charge in [0.25, 0.3) is 0 Å². The van der Waals surface area contributed by atoms with Crippen molar-refractivity contribution in [3.8, 4) is 6.07 Å². The second-order valence-corrected chi connectivity index (χ2v) is 2.74. The van der Waals surface area contributed by atoms with E-state index in [0.717, 1.165) is 5.69 Å². The molecule has 0 bridgehead atoms. The summed E-state index contributed by atoms with van der Waals surface area (Å²) in [5.74, 6) is -0.151. The minimum absolute atomic E-state index is 0.113. The van der Waals surface area contributed by atoms with E-state index in [1.165, 1.54) is 13.3 Å². The molecule has 1 rings (SSSR count). The second kappa shape index (κ2) is 4.81. The molecule has 1 heterocycles. The number of rotatable bonds is 3. The number of esters is 1. The highest BCUT2D eigenvalue weighted by atomic mass is 16.5. The number of H-pyrrole nitrogens is 1. The van der Waals surface area contributed by atoms with Gasteiger partial charge in [0.15, 0.2) is 11.4 Å². The number of nitrogens with zero attached hydrogens (tertiary/aromatic N) is 2. The van der Waals surface area contributed by atoms with E-state index in [2.05, 4.69) is 20.3 Å². The number of nitrogens with one attached hydrogen (secondary N) is 2. The van der Waals surface area contributed by atoms with Gasteiger partial charge in [0.1, 0.15) is 6.07 Å². The zero-order chi connectivity index (χ0) is 11.3. The maximum Gasteiger partial charge on any atom is 0.350 e. The minimum Gasteiger partial charge on any atom is -0.465 e. The number of aromatic nitrogens is 2. The number of carbonyl (C=O) groups is 1. The van der Waals surface area contributed by atoms with E-state index in [1.807, 2.05) is 6.92 Å². The first-order valence-corrected chi connectivity index (χ1v) is 4.14. The van der Waals surface area contributed by atoms with Gasteiger partial charge >= 0.3 is 5.97 Å². The molecule has 78 valence electrons. The van der Waals surface area contributed by atoms with Crippen LogP contribution < -0.4 is 5.32 Å². The Labute approximate surface area is 86.5 Å². The van der Waals surface area contributed by atoms with E-state index in [4.69, 9.17) is 5.26 Å². The van der Waals surface area contributed by atoms with Crippen molar-refractivity contribution in [2.75, 3.05) is 12.4 Å². The number of nitriles is 1. The van der Waals surface area contributed by atoms with E-state index < -0.39 is 5.97 Å². The van der Waals surface area contributed by atoms with Gasteiger partial charge in [0.2, 0.25) is 0 Å². The number of aromatic amines is 1. The summed E-state index contributed by atoms with van der Waals surface area (Å²) in [4.78, 5) is 11.0. The van der Waals surface area contributed by atoms with Crippen molar-refractivity contribution in [2.45, 2.75) is 6.92 Å². The van der Waals surface area contributed by atoms with Crippen molar-refractivity contribution in [2.24, 2.45) is 0 Å². The Balaban J connectivity index is 2.71. The predicted octanol–water partition coefficient (Wildman–Crippen LogP) is 0.710. The molecule has 1 aromatic heterocycles. The monoisotopic (exact) mass is 206 g/mol. The Morgan fingerprint density at radius 2 is 2.53 bits per heavy atom. The van der Waals surface area contributed by atoms with Crippen molar-refractivity contribution in [3.05, 3.63) is 23.5 Å². The van der Waals surface area contributed by atoms with Gasteiger partial charge in [-0.1, -0.05) is 0 Å². The van der Waals surface area contributed by atoms with Crippen LogP contribution >= 0.6 is 0 Å². The van der Waals surface area contributed by atoms with Gasteiger partial charge in [0, 0.05) is 18.0 Å². The third-order valence-corrected chi connectivity index (χ3v) is 1.60. The van der Waals surface area contributed by atoms with Gasteiger partial charge in [-0.25, -0.2) is 4.79 Å². The van der Waals surface area contributed by atoms with Crippen molar-refractivity contribution in [3.63, 3.8) is 0 Å². The van der Waals surface area contributed by atoms with Gasteiger partial charge in [-0.3, -0.25) is 5.10 Å². The molecule has 0 atom stereocenters. The number of hydrogen-bond acceptors (Lipinski definition) is 5. The average molecular weight is 206 g/mol. The molecule has 0 aliphatic rings. The van der Waals surface area contributed by atoms with Crippen LogP contribution in [0.5, 0.6) is 0 Å². The lowest BCUT2D eigenvalue weighted by molar-refractivity contribution is -0.135. The smallest absolute Gasteiger partial charge is 0.350 e. The van der Waals surface area contributed by atoms with Crippen LogP contribution in [0.3, 0.4) is 0 Å². The second-order valence-electron chi connectivity index (χ2n) is 2.74. The molecule has 0 amide bonds. The molecule has 6 heteroatoms. The lowest BCUT2D eigenvalue weighted by atomic mass is 10.3. The fourth-order valence-corrected chi connectivity index (χ4v) is 0.885. The summed E-state index contributed by atoms with van der Waals surface area (Å²) >= 11 is 0. The van der Waals surface area contributed by atoms with Gasteiger partial charge < -0.3 is 10.1 Å². The van der Waals surface area contributed by atoms with Crippen LogP contribution in [-0.2, 0) is 9.53 Å². The summed E-state index contributed by atoms with van der Waals surface area (Å²) in [6.45, 7) is 1.84. The maximum absolute atomic E-state index is 11.0. The number of anilines is 1. The third kappa shape index (κ3) is 2.84. The fraction of sp³-hybridized carbons (Fsp3) is 0.222. The van der Waals surface area contributed by atoms with Crippen LogP contribution in [0.1, 0.15) is 5.69 Å². The van der Waals surface area contributed by atoms with E-state index >= 15 is 0 Å². The SMILES string of the molecule is COC(=O)/C(C#N)=C/Nc1cc(C)[nH]n1. The van der Waals surface area contributed by atoms with Crippen molar-refractivity contribution in [1.82, 2.24) is 10.2 Å². The topological polar surface area (TPSA) is 90.8 Å². The van der Waals surface area contributed by atoms with Crippen LogP contribution in [0.2, 0.25) is 0 Å². The lowest BCUT2D eigenvalue weighted by Crippen LogP contribution is -2.05. The Kier molecular flexibility index (Phi) is 3.46. The average Bonchev–Trinajstić information content (AvgIpc) is 2.64. The van der Waals surface area contributed by atoms with Crippen LogP contribution in [0.15, 0.2) is 17.8 Å². The van der Waals surface area contributed by atoms with Gasteiger partial charge in [-0.2, -0.15) is 10.4 Å². The Hall–Kier alpha value is -2.29. The van der Waals surface area contributed by atoms with Gasteiger partial charge in [0.05, 0.1) is 7.11 Å². The molecular weight excluding hydrogens is 196 g/mol. The summed E-state index contributed by atoms with van der Waals surface area (Å²) in [6, 6.07) is 3.45. The molecule has 0 saturated heterocycles. The summed E-state index contributed by atoms with van der Waals surface area (Å²) in [5.41, 5.74) is 0.764. The summed E-state index contributed by atoms with van der Waals surface area (Å²) in [5, 5.41) is 17.9. The molecule has 1 aromatic rings. The highest BCUT2D eigenvalue weighted by molar-refractivity contribution is 5.92. The van der Waals surface area contributed by atoms with Crippen LogP contribution in [0, 0.1) is 18.3 Å². The molecular formula is C9H10N4O2. The fourth-order valence-electron chi connectivity index (χ4n) is 0.885. The van der Waals surface area contributed by atoms with E-state index in [-0.39, 0.29) is 5.57 Å². The molecule has 6 nitrogen and oxygen atoms in total. The molecule has 0 aliphatic carbocycles. The number of ether oxygens (including phenoxy) is 1. The van der Waals surface area contributed by atoms with E-state index in [0.29, 0.717) is 5.82 Å². The van der Waals surface area contributed by atoms with Crippen molar-refractivity contribution < 1.29 is 9.53 Å². The molecule has 15 heavy (non-hydrogen) atoms. The van der Waals surface area contributed by atoms with Gasteiger partial charge in [-0.15, -0.1) is 0 Å². The quantitative estimate of drug-likeness (QED) is 0.431. The molecule has 0 unspecified atom stereocenters. The first-order chi connectivity index (χ1) is 7.17.